The van der Waals surface area contributed by atoms with E-state index in [4.69, 9.17) is 28.4 Å². The van der Waals surface area contributed by atoms with Crippen molar-refractivity contribution in [1.29, 1.82) is 0 Å². The van der Waals surface area contributed by atoms with Gasteiger partial charge in [0.1, 0.15) is 0 Å². The Bertz CT molecular complexity index is 762. The molecule has 2 aromatic carbocycles. The third kappa shape index (κ3) is 3.76. The highest BCUT2D eigenvalue weighted by Crippen LogP contribution is 2.48. The molecule has 8 nitrogen and oxygen atoms in total. The van der Waals surface area contributed by atoms with Gasteiger partial charge in [0, 0.05) is 11.1 Å². The van der Waals surface area contributed by atoms with Gasteiger partial charge in [-0.05, 0) is 25.0 Å². The molecule has 0 heterocycles. The van der Waals surface area contributed by atoms with Gasteiger partial charge < -0.3 is 38.6 Å². The zero-order valence-electron chi connectivity index (χ0n) is 16.9. The highest BCUT2D eigenvalue weighted by atomic mass is 16.5. The van der Waals surface area contributed by atoms with Crippen LogP contribution in [-0.2, 0) is 12.8 Å². The van der Waals surface area contributed by atoms with Crippen LogP contribution in [0.4, 0.5) is 0 Å². The van der Waals surface area contributed by atoms with Crippen molar-refractivity contribution in [3.05, 3.63) is 23.3 Å². The maximum atomic E-state index is 10.2. The van der Waals surface area contributed by atoms with Crippen LogP contribution in [0.15, 0.2) is 12.1 Å². The number of rotatable bonds is 9. The van der Waals surface area contributed by atoms with Crippen molar-refractivity contribution in [1.82, 2.24) is 0 Å². The molecule has 0 atom stereocenters. The van der Waals surface area contributed by atoms with Crippen molar-refractivity contribution in [2.45, 2.75) is 12.8 Å². The Labute approximate surface area is 164 Å². The normalized spacial score (nSPS) is 10.4. The number of ether oxygens (including phenoxy) is 6. The minimum Gasteiger partial charge on any atom is -0.502 e. The van der Waals surface area contributed by atoms with Crippen LogP contribution in [0, 0.1) is 0 Å². The predicted molar refractivity (Wildman–Crippen MR) is 103 cm³/mol. The number of methoxy groups -OCH3 is 6. The number of aryl methyl sites for hydroxylation is 2. The molecule has 0 saturated carbocycles. The van der Waals surface area contributed by atoms with E-state index in [0.29, 0.717) is 24.3 Å². The fourth-order valence-corrected chi connectivity index (χ4v) is 3.09. The van der Waals surface area contributed by atoms with E-state index in [9.17, 15) is 10.2 Å². The Kier molecular flexibility index (Phi) is 6.92. The molecule has 0 aromatic heterocycles. The maximum absolute atomic E-state index is 10.2. The van der Waals surface area contributed by atoms with Crippen LogP contribution >= 0.6 is 0 Å². The molecule has 0 spiro atoms. The van der Waals surface area contributed by atoms with Crippen molar-refractivity contribution >= 4 is 0 Å². The molecule has 2 rings (SSSR count). The Morgan fingerprint density at radius 2 is 0.857 bits per heavy atom. The summed E-state index contributed by atoms with van der Waals surface area (Å²) in [6, 6.07) is 3.38. The first-order chi connectivity index (χ1) is 13.5. The Morgan fingerprint density at radius 3 is 1.11 bits per heavy atom. The molecular formula is C20H26O8. The lowest BCUT2D eigenvalue weighted by molar-refractivity contribution is 0.311. The summed E-state index contributed by atoms with van der Waals surface area (Å²) in [5, 5.41) is 20.5. The van der Waals surface area contributed by atoms with Crippen LogP contribution in [0.3, 0.4) is 0 Å². The van der Waals surface area contributed by atoms with Crippen LogP contribution in [0.5, 0.6) is 46.0 Å². The van der Waals surface area contributed by atoms with Crippen LogP contribution in [0.1, 0.15) is 11.1 Å². The zero-order valence-corrected chi connectivity index (χ0v) is 16.9. The average molecular weight is 394 g/mol. The van der Waals surface area contributed by atoms with Crippen LogP contribution < -0.4 is 28.4 Å². The van der Waals surface area contributed by atoms with Gasteiger partial charge in [0.15, 0.2) is 23.0 Å². The molecule has 0 aliphatic heterocycles. The molecule has 2 aromatic rings. The summed E-state index contributed by atoms with van der Waals surface area (Å²) in [5.41, 5.74) is 1.53. The van der Waals surface area contributed by atoms with E-state index in [1.165, 1.54) is 42.7 Å². The lowest BCUT2D eigenvalue weighted by Gasteiger charge is -2.18. The van der Waals surface area contributed by atoms with Gasteiger partial charge in [-0.1, -0.05) is 0 Å². The SMILES string of the molecule is COc1cc(CCc2cc(OC)c(O)c(OC)c2OC)c(OC)c(OC)c1O. The summed E-state index contributed by atoms with van der Waals surface area (Å²) in [5.74, 6) is 1.53. The fourth-order valence-electron chi connectivity index (χ4n) is 3.09. The molecule has 2 N–H and O–H groups in total. The molecule has 8 heteroatoms. The second kappa shape index (κ2) is 9.16. The number of phenolic OH excluding ortho intramolecular Hbond substituents is 2. The highest BCUT2D eigenvalue weighted by molar-refractivity contribution is 5.64. The van der Waals surface area contributed by atoms with Gasteiger partial charge in [-0.15, -0.1) is 0 Å². The molecule has 0 fully saturated rings. The third-order valence-corrected chi connectivity index (χ3v) is 4.42. The lowest BCUT2D eigenvalue weighted by atomic mass is 10.0. The fraction of sp³-hybridized carbons (Fsp3) is 0.400. The van der Waals surface area contributed by atoms with Crippen molar-refractivity contribution in [3.8, 4) is 46.0 Å². The maximum Gasteiger partial charge on any atom is 0.207 e. The van der Waals surface area contributed by atoms with Crippen LogP contribution in [0.25, 0.3) is 0 Å². The van der Waals surface area contributed by atoms with Gasteiger partial charge >= 0.3 is 0 Å². The largest absolute Gasteiger partial charge is 0.502 e. The highest BCUT2D eigenvalue weighted by Gasteiger charge is 2.23. The summed E-state index contributed by atoms with van der Waals surface area (Å²) >= 11 is 0. The molecule has 154 valence electrons. The average Bonchev–Trinajstić information content (AvgIpc) is 2.72. The molecule has 0 amide bonds. The molecule has 0 radical (unpaired) electrons. The number of hydrogen-bond donors (Lipinski definition) is 2. The Hall–Kier alpha value is -3.16. The van der Waals surface area contributed by atoms with E-state index in [-0.39, 0.29) is 34.5 Å². The molecule has 28 heavy (non-hydrogen) atoms. The Morgan fingerprint density at radius 1 is 0.536 bits per heavy atom. The van der Waals surface area contributed by atoms with Crippen LogP contribution in [0.2, 0.25) is 0 Å². The first kappa shape index (κ1) is 21.1. The van der Waals surface area contributed by atoms with Gasteiger partial charge in [0.05, 0.1) is 42.7 Å². The number of aromatic hydroxyl groups is 2. The summed E-state index contributed by atoms with van der Waals surface area (Å²) < 4.78 is 31.9. The topological polar surface area (TPSA) is 95.8 Å². The standard InChI is InChI=1S/C20H26O8/c1-23-13-9-11(17(25-3)19(27-5)15(13)21)7-8-12-10-14(24-2)16(22)20(28-6)18(12)26-4/h9-10,21-22H,7-8H2,1-6H3. The van der Waals surface area contributed by atoms with E-state index in [2.05, 4.69) is 0 Å². The third-order valence-electron chi connectivity index (χ3n) is 4.42. The quantitative estimate of drug-likeness (QED) is 0.670. The van der Waals surface area contributed by atoms with Crippen molar-refractivity contribution in [2.75, 3.05) is 42.7 Å². The van der Waals surface area contributed by atoms with E-state index in [0.717, 1.165) is 11.1 Å². The van der Waals surface area contributed by atoms with E-state index in [1.807, 2.05) is 0 Å². The molecule has 0 bridgehead atoms. The van der Waals surface area contributed by atoms with E-state index in [1.54, 1.807) is 12.1 Å². The van der Waals surface area contributed by atoms with Crippen molar-refractivity contribution in [2.24, 2.45) is 0 Å². The first-order valence-corrected chi connectivity index (χ1v) is 8.48. The van der Waals surface area contributed by atoms with Gasteiger partial charge in [-0.2, -0.15) is 0 Å². The van der Waals surface area contributed by atoms with Gasteiger partial charge in [0.25, 0.3) is 0 Å². The van der Waals surface area contributed by atoms with Crippen LogP contribution in [-0.4, -0.2) is 52.9 Å². The van der Waals surface area contributed by atoms with Gasteiger partial charge in [-0.25, -0.2) is 0 Å². The molecule has 0 aliphatic carbocycles. The van der Waals surface area contributed by atoms with E-state index >= 15 is 0 Å². The Balaban J connectivity index is 2.49. The minimum absolute atomic E-state index is 0.129. The monoisotopic (exact) mass is 394 g/mol. The summed E-state index contributed by atoms with van der Waals surface area (Å²) in [6.45, 7) is 0. The minimum atomic E-state index is -0.129. The second-order valence-electron chi connectivity index (χ2n) is 5.81. The van der Waals surface area contributed by atoms with Gasteiger partial charge in [-0.3, -0.25) is 0 Å². The smallest absolute Gasteiger partial charge is 0.207 e. The molecule has 0 unspecified atom stereocenters. The van der Waals surface area contributed by atoms with Crippen molar-refractivity contribution in [3.63, 3.8) is 0 Å². The second-order valence-corrected chi connectivity index (χ2v) is 5.81. The number of phenols is 2. The lowest BCUT2D eigenvalue weighted by Crippen LogP contribution is -2.03. The predicted octanol–water partition coefficient (Wildman–Crippen LogP) is 2.93. The van der Waals surface area contributed by atoms with Crippen molar-refractivity contribution < 1.29 is 38.6 Å². The van der Waals surface area contributed by atoms with E-state index < -0.39 is 0 Å². The summed E-state index contributed by atoms with van der Waals surface area (Å²) in [4.78, 5) is 0. The summed E-state index contributed by atoms with van der Waals surface area (Å²) in [6.07, 6.45) is 1.01. The first-order valence-electron chi connectivity index (χ1n) is 8.48. The zero-order chi connectivity index (χ0) is 20.8. The molecule has 0 saturated heterocycles. The number of hydrogen-bond acceptors (Lipinski definition) is 8. The molecular weight excluding hydrogens is 368 g/mol. The van der Waals surface area contributed by atoms with Gasteiger partial charge in [0.2, 0.25) is 23.0 Å². The molecule has 0 aliphatic rings. The summed E-state index contributed by atoms with van der Waals surface area (Å²) in [7, 11) is 8.81. The number of benzene rings is 2.